The summed E-state index contributed by atoms with van der Waals surface area (Å²) >= 11 is 0. The molecule has 1 aliphatic rings. The zero-order chi connectivity index (χ0) is 21.3. The number of nitrogens with one attached hydrogen (secondary N) is 2. The third-order valence-electron chi connectivity index (χ3n) is 5.08. The lowest BCUT2D eigenvalue weighted by atomic mass is 10.1. The van der Waals surface area contributed by atoms with Crippen LogP contribution in [-0.4, -0.2) is 71.6 Å². The molecule has 1 saturated heterocycles. The van der Waals surface area contributed by atoms with E-state index in [0.29, 0.717) is 37.6 Å². The molecule has 1 aromatic heterocycles. The third-order valence-corrected chi connectivity index (χ3v) is 5.08. The molecule has 2 aromatic rings. The highest BCUT2D eigenvalue weighted by Gasteiger charge is 2.11. The second-order valence-corrected chi connectivity index (χ2v) is 7.18. The van der Waals surface area contributed by atoms with Gasteiger partial charge in [0, 0.05) is 39.8 Å². The number of aryl methyl sites for hydroxylation is 1. The second-order valence-electron chi connectivity index (χ2n) is 7.18. The summed E-state index contributed by atoms with van der Waals surface area (Å²) in [7, 11) is 1.89. The Bertz CT molecular complexity index is 850. The highest BCUT2D eigenvalue weighted by Crippen LogP contribution is 2.09. The molecule has 0 amide bonds. The number of nitrogens with zero attached hydrogens (tertiary/aromatic N) is 5. The van der Waals surface area contributed by atoms with Gasteiger partial charge in [0.05, 0.1) is 13.2 Å². The average Bonchev–Trinajstić information content (AvgIpc) is 3.07. The first-order valence-corrected chi connectivity index (χ1v) is 10.1. The van der Waals surface area contributed by atoms with E-state index >= 15 is 0 Å². The van der Waals surface area contributed by atoms with Crippen LogP contribution < -0.4 is 10.6 Å². The first kappa shape index (κ1) is 22.1. The minimum atomic E-state index is -0.443. The lowest BCUT2D eigenvalue weighted by Gasteiger charge is -2.26. The Labute approximate surface area is 175 Å². The number of benzene rings is 1. The summed E-state index contributed by atoms with van der Waals surface area (Å²) in [5, 5.41) is 14.7. The zero-order valence-electron chi connectivity index (χ0n) is 17.5. The minimum Gasteiger partial charge on any atom is -0.379 e. The van der Waals surface area contributed by atoms with E-state index in [-0.39, 0.29) is 0 Å². The van der Waals surface area contributed by atoms with Crippen LogP contribution in [0.2, 0.25) is 0 Å². The second kappa shape index (κ2) is 11.0. The zero-order valence-corrected chi connectivity index (χ0v) is 17.5. The standard InChI is InChI=1S/C20H29F2N7O/c1-15-26-27-19(28(15)2)14-25-20(24-7-8-29-9-11-30-12-10-29)23-6-5-16-13-17(21)3-4-18(16)22/h3-4,13H,5-12,14H2,1-2H3,(H2,23,24,25). The number of aliphatic imine (C=N–C) groups is 1. The van der Waals surface area contributed by atoms with Crippen LogP contribution in [0.5, 0.6) is 0 Å². The number of halogens is 2. The molecular weight excluding hydrogens is 392 g/mol. The molecule has 0 aliphatic carbocycles. The van der Waals surface area contributed by atoms with Gasteiger partial charge in [-0.2, -0.15) is 0 Å². The van der Waals surface area contributed by atoms with E-state index in [0.717, 1.165) is 56.6 Å². The number of morpholine rings is 1. The van der Waals surface area contributed by atoms with E-state index in [4.69, 9.17) is 4.74 Å². The van der Waals surface area contributed by atoms with E-state index in [2.05, 4.69) is 30.7 Å². The van der Waals surface area contributed by atoms with Crippen molar-refractivity contribution in [2.75, 3.05) is 45.9 Å². The van der Waals surface area contributed by atoms with Crippen molar-refractivity contribution >= 4 is 5.96 Å². The molecule has 30 heavy (non-hydrogen) atoms. The molecule has 8 nitrogen and oxygen atoms in total. The molecule has 0 unspecified atom stereocenters. The Balaban J connectivity index is 1.56. The fourth-order valence-electron chi connectivity index (χ4n) is 3.12. The number of ether oxygens (including phenoxy) is 1. The number of rotatable bonds is 8. The number of aromatic nitrogens is 3. The van der Waals surface area contributed by atoms with E-state index < -0.39 is 11.6 Å². The van der Waals surface area contributed by atoms with Gasteiger partial charge in [0.2, 0.25) is 0 Å². The Morgan fingerprint density at radius 2 is 1.93 bits per heavy atom. The quantitative estimate of drug-likeness (QED) is 0.489. The lowest BCUT2D eigenvalue weighted by Crippen LogP contribution is -2.44. The van der Waals surface area contributed by atoms with Crippen LogP contribution in [0.3, 0.4) is 0 Å². The smallest absolute Gasteiger partial charge is 0.191 e. The highest BCUT2D eigenvalue weighted by atomic mass is 19.1. The summed E-state index contributed by atoms with van der Waals surface area (Å²) in [6.45, 7) is 7.57. The highest BCUT2D eigenvalue weighted by molar-refractivity contribution is 5.79. The van der Waals surface area contributed by atoms with Crippen LogP contribution in [0.1, 0.15) is 17.2 Å². The molecule has 2 heterocycles. The molecule has 0 radical (unpaired) electrons. The van der Waals surface area contributed by atoms with Gasteiger partial charge in [-0.15, -0.1) is 10.2 Å². The normalized spacial score (nSPS) is 15.4. The van der Waals surface area contributed by atoms with Crippen LogP contribution in [0.4, 0.5) is 8.78 Å². The summed E-state index contributed by atoms with van der Waals surface area (Å²) < 4.78 is 34.5. The number of hydrogen-bond acceptors (Lipinski definition) is 5. The van der Waals surface area contributed by atoms with Gasteiger partial charge < -0.3 is 19.9 Å². The first-order chi connectivity index (χ1) is 14.5. The van der Waals surface area contributed by atoms with Crippen LogP contribution >= 0.6 is 0 Å². The molecule has 2 N–H and O–H groups in total. The largest absolute Gasteiger partial charge is 0.379 e. The summed E-state index contributed by atoms with van der Waals surface area (Å²) in [6.07, 6.45) is 0.344. The summed E-state index contributed by atoms with van der Waals surface area (Å²) in [5.41, 5.74) is 0.332. The van der Waals surface area contributed by atoms with Crippen LogP contribution in [0.15, 0.2) is 23.2 Å². The Morgan fingerprint density at radius 3 is 2.67 bits per heavy atom. The van der Waals surface area contributed by atoms with Gasteiger partial charge in [-0.1, -0.05) is 0 Å². The Hall–Kier alpha value is -2.59. The van der Waals surface area contributed by atoms with E-state index in [1.165, 1.54) is 6.07 Å². The molecule has 1 aliphatic heterocycles. The number of hydrogen-bond donors (Lipinski definition) is 2. The summed E-state index contributed by atoms with van der Waals surface area (Å²) in [5.74, 6) is 1.31. The predicted molar refractivity (Wildman–Crippen MR) is 110 cm³/mol. The number of guanidine groups is 1. The molecule has 0 atom stereocenters. The van der Waals surface area contributed by atoms with Crippen LogP contribution in [-0.2, 0) is 24.8 Å². The van der Waals surface area contributed by atoms with Gasteiger partial charge >= 0.3 is 0 Å². The van der Waals surface area contributed by atoms with Gasteiger partial charge in [0.1, 0.15) is 24.0 Å². The van der Waals surface area contributed by atoms with Gasteiger partial charge in [0.25, 0.3) is 0 Å². The van der Waals surface area contributed by atoms with Gasteiger partial charge in [-0.3, -0.25) is 4.90 Å². The SMILES string of the molecule is Cc1nnc(CN=C(NCCc2cc(F)ccc2F)NCCN2CCOCC2)n1C. The van der Waals surface area contributed by atoms with Crippen molar-refractivity contribution in [2.45, 2.75) is 19.9 Å². The van der Waals surface area contributed by atoms with Gasteiger partial charge in [0.15, 0.2) is 11.8 Å². The molecule has 3 rings (SSSR count). The maximum Gasteiger partial charge on any atom is 0.191 e. The predicted octanol–water partition coefficient (Wildman–Crippen LogP) is 1.01. The fourth-order valence-corrected chi connectivity index (χ4v) is 3.12. The summed E-state index contributed by atoms with van der Waals surface area (Å²) in [6, 6.07) is 3.49. The molecule has 0 spiro atoms. The Kier molecular flexibility index (Phi) is 8.09. The fraction of sp³-hybridized carbons (Fsp3) is 0.550. The molecule has 164 valence electrons. The van der Waals surface area contributed by atoms with Crippen molar-refractivity contribution in [1.29, 1.82) is 0 Å². The van der Waals surface area contributed by atoms with Crippen molar-refractivity contribution in [2.24, 2.45) is 12.0 Å². The minimum absolute atomic E-state index is 0.332. The van der Waals surface area contributed by atoms with E-state index in [1.807, 2.05) is 18.5 Å². The lowest BCUT2D eigenvalue weighted by molar-refractivity contribution is 0.0389. The van der Waals surface area contributed by atoms with Crippen molar-refractivity contribution in [3.63, 3.8) is 0 Å². The molecule has 0 bridgehead atoms. The topological polar surface area (TPSA) is 79.6 Å². The van der Waals surface area contributed by atoms with Gasteiger partial charge in [-0.25, -0.2) is 13.8 Å². The molecule has 1 aromatic carbocycles. The Morgan fingerprint density at radius 1 is 1.17 bits per heavy atom. The van der Waals surface area contributed by atoms with Crippen LogP contribution in [0.25, 0.3) is 0 Å². The van der Waals surface area contributed by atoms with Crippen molar-refractivity contribution in [1.82, 2.24) is 30.3 Å². The molecule has 10 heteroatoms. The maximum absolute atomic E-state index is 13.8. The molecule has 1 fully saturated rings. The van der Waals surface area contributed by atoms with E-state index in [1.54, 1.807) is 0 Å². The van der Waals surface area contributed by atoms with Crippen LogP contribution in [0, 0.1) is 18.6 Å². The van der Waals surface area contributed by atoms with Crippen molar-refractivity contribution in [3.05, 3.63) is 47.0 Å². The van der Waals surface area contributed by atoms with Crippen molar-refractivity contribution in [3.8, 4) is 0 Å². The monoisotopic (exact) mass is 421 g/mol. The van der Waals surface area contributed by atoms with E-state index in [9.17, 15) is 8.78 Å². The maximum atomic E-state index is 13.8. The third kappa shape index (κ3) is 6.46. The molecular formula is C20H29F2N7O. The van der Waals surface area contributed by atoms with Gasteiger partial charge in [-0.05, 0) is 37.1 Å². The average molecular weight is 421 g/mol. The first-order valence-electron chi connectivity index (χ1n) is 10.1. The van der Waals surface area contributed by atoms with Crippen molar-refractivity contribution < 1.29 is 13.5 Å². The summed E-state index contributed by atoms with van der Waals surface area (Å²) in [4.78, 5) is 6.90. The molecule has 0 saturated carbocycles.